The number of ether oxygens (including phenoxy) is 1. The topological polar surface area (TPSA) is 37.4 Å². The lowest BCUT2D eigenvalue weighted by atomic mass is 10.2. The Morgan fingerprint density at radius 1 is 1.12 bits per heavy atom. The molecule has 1 aliphatic heterocycles. The second kappa shape index (κ2) is 12.2. The summed E-state index contributed by atoms with van der Waals surface area (Å²) in [7, 11) is 0. The number of hydrogen-bond donors (Lipinski definition) is 1. The van der Waals surface area contributed by atoms with Crippen molar-refractivity contribution in [3.8, 4) is 5.75 Å². The molecule has 1 fully saturated rings. The minimum Gasteiger partial charge on any atom is -0.490 e. The molecule has 1 aliphatic rings. The fraction of sp³-hybridized carbons (Fsp3) is 0.389. The molecule has 1 saturated heterocycles. The molecule has 1 aromatic carbocycles. The first kappa shape index (κ1) is 23.8. The van der Waals surface area contributed by atoms with Crippen LogP contribution in [-0.2, 0) is 0 Å². The second-order valence-corrected chi connectivity index (χ2v) is 5.56. The number of rotatable bonds is 6. The van der Waals surface area contributed by atoms with Gasteiger partial charge in [-0.2, -0.15) is 0 Å². The summed E-state index contributed by atoms with van der Waals surface area (Å²) in [6, 6.07) is 12.9. The lowest BCUT2D eigenvalue weighted by Crippen LogP contribution is -2.28. The van der Waals surface area contributed by atoms with E-state index in [0.29, 0.717) is 12.6 Å². The number of aromatic nitrogens is 1. The lowest BCUT2D eigenvalue weighted by Gasteiger charge is -2.23. The molecule has 2 heterocycles. The van der Waals surface area contributed by atoms with Gasteiger partial charge in [0.1, 0.15) is 12.4 Å². The molecule has 0 aliphatic carbocycles. The summed E-state index contributed by atoms with van der Waals surface area (Å²) in [5, 5.41) is 3.45. The van der Waals surface area contributed by atoms with Crippen LogP contribution in [-0.4, -0.2) is 30.7 Å². The Bertz CT molecular complexity index is 595. The molecule has 0 bridgehead atoms. The Morgan fingerprint density at radius 2 is 1.88 bits per heavy atom. The van der Waals surface area contributed by atoms with Crippen LogP contribution < -0.4 is 15.0 Å². The summed E-state index contributed by atoms with van der Waals surface area (Å²) in [6.45, 7) is 4.84. The largest absolute Gasteiger partial charge is 0.490 e. The summed E-state index contributed by atoms with van der Waals surface area (Å²) >= 11 is 0. The van der Waals surface area contributed by atoms with Crippen molar-refractivity contribution >= 4 is 48.6 Å². The van der Waals surface area contributed by atoms with Crippen molar-refractivity contribution in [2.75, 3.05) is 24.6 Å². The highest BCUT2D eigenvalue weighted by Crippen LogP contribution is 2.27. The zero-order valence-corrected chi connectivity index (χ0v) is 16.7. The molecule has 25 heavy (non-hydrogen) atoms. The Labute approximate surface area is 168 Å². The van der Waals surface area contributed by atoms with E-state index in [1.54, 1.807) is 6.20 Å². The predicted octanol–water partition coefficient (Wildman–Crippen LogP) is 4.64. The third-order valence-corrected chi connectivity index (χ3v) is 4.01. The summed E-state index contributed by atoms with van der Waals surface area (Å²) in [6.07, 6.45) is 6.11. The van der Waals surface area contributed by atoms with Crippen LogP contribution in [0.1, 0.15) is 19.8 Å². The van der Waals surface area contributed by atoms with Crippen LogP contribution in [0, 0.1) is 0 Å². The number of anilines is 2. The van der Waals surface area contributed by atoms with Crippen molar-refractivity contribution in [2.24, 2.45) is 0 Å². The van der Waals surface area contributed by atoms with Crippen LogP contribution in [0.3, 0.4) is 0 Å². The molecule has 0 saturated carbocycles. The second-order valence-electron chi connectivity index (χ2n) is 5.56. The van der Waals surface area contributed by atoms with Crippen molar-refractivity contribution < 1.29 is 4.74 Å². The first-order chi connectivity index (χ1) is 10.9. The molecule has 3 rings (SSSR count). The van der Waals surface area contributed by atoms with Crippen LogP contribution in [0.2, 0.25) is 0 Å². The number of halogens is 3. The van der Waals surface area contributed by atoms with Crippen LogP contribution in [0.25, 0.3) is 0 Å². The average molecular weight is 407 g/mol. The standard InChI is InChI=1S/C18H23N3O.3ClH/c1-2-21(16-8-4-3-5-9-16)17-11-18(13-19-12-17)22-14-15-7-6-10-20-15;;;/h3-5,8-9,11-13,15,20H,2,6-7,10,14H2,1H3;3*1H/t15-;;;/m0.../s1. The minimum atomic E-state index is 0. The highest BCUT2D eigenvalue weighted by Gasteiger charge is 2.15. The fourth-order valence-corrected chi connectivity index (χ4v) is 2.85. The zero-order valence-electron chi connectivity index (χ0n) is 14.3. The number of nitrogens with zero attached hydrogens (tertiary/aromatic N) is 2. The van der Waals surface area contributed by atoms with Gasteiger partial charge in [0.15, 0.2) is 0 Å². The predicted molar refractivity (Wildman–Crippen MR) is 112 cm³/mol. The van der Waals surface area contributed by atoms with Gasteiger partial charge in [-0.1, -0.05) is 18.2 Å². The van der Waals surface area contributed by atoms with E-state index in [2.05, 4.69) is 52.5 Å². The zero-order chi connectivity index (χ0) is 15.2. The Kier molecular flexibility index (Phi) is 11.6. The normalized spacial score (nSPS) is 15.3. The van der Waals surface area contributed by atoms with E-state index in [4.69, 9.17) is 4.74 Å². The van der Waals surface area contributed by atoms with Gasteiger partial charge in [-0.15, -0.1) is 37.2 Å². The maximum atomic E-state index is 5.91. The Morgan fingerprint density at radius 3 is 2.52 bits per heavy atom. The molecule has 0 unspecified atom stereocenters. The minimum absolute atomic E-state index is 0. The maximum absolute atomic E-state index is 5.91. The number of nitrogens with one attached hydrogen (secondary N) is 1. The quantitative estimate of drug-likeness (QED) is 0.758. The summed E-state index contributed by atoms with van der Waals surface area (Å²) in [4.78, 5) is 6.57. The average Bonchev–Trinajstić information content (AvgIpc) is 3.09. The van der Waals surface area contributed by atoms with E-state index < -0.39 is 0 Å². The first-order valence-electron chi connectivity index (χ1n) is 8.00. The van der Waals surface area contributed by atoms with Crippen molar-refractivity contribution in [3.63, 3.8) is 0 Å². The van der Waals surface area contributed by atoms with Gasteiger partial charge in [0.05, 0.1) is 18.1 Å². The van der Waals surface area contributed by atoms with Crippen molar-refractivity contribution in [1.29, 1.82) is 0 Å². The van der Waals surface area contributed by atoms with Crippen LogP contribution in [0.4, 0.5) is 11.4 Å². The highest BCUT2D eigenvalue weighted by atomic mass is 35.5. The first-order valence-corrected chi connectivity index (χ1v) is 8.00. The highest BCUT2D eigenvalue weighted by molar-refractivity contribution is 5.86. The van der Waals surface area contributed by atoms with Gasteiger partial charge in [-0.3, -0.25) is 4.98 Å². The lowest BCUT2D eigenvalue weighted by molar-refractivity contribution is 0.276. The number of benzene rings is 1. The van der Waals surface area contributed by atoms with E-state index in [1.807, 2.05) is 12.3 Å². The van der Waals surface area contributed by atoms with Gasteiger partial charge in [-0.25, -0.2) is 0 Å². The van der Waals surface area contributed by atoms with Gasteiger partial charge in [0.25, 0.3) is 0 Å². The molecule has 1 aromatic heterocycles. The molecule has 1 atom stereocenters. The van der Waals surface area contributed by atoms with Crippen LogP contribution in [0.15, 0.2) is 48.8 Å². The third-order valence-electron chi connectivity index (χ3n) is 4.01. The number of pyridine rings is 1. The van der Waals surface area contributed by atoms with Gasteiger partial charge >= 0.3 is 0 Å². The van der Waals surface area contributed by atoms with E-state index in [0.717, 1.165) is 24.5 Å². The van der Waals surface area contributed by atoms with Crippen molar-refractivity contribution in [3.05, 3.63) is 48.8 Å². The van der Waals surface area contributed by atoms with E-state index >= 15 is 0 Å². The van der Waals surface area contributed by atoms with Gasteiger partial charge in [0.2, 0.25) is 0 Å². The van der Waals surface area contributed by atoms with Gasteiger partial charge < -0.3 is 15.0 Å². The molecule has 0 spiro atoms. The Hall–Kier alpha value is -1.20. The molecular weight excluding hydrogens is 381 g/mol. The summed E-state index contributed by atoms with van der Waals surface area (Å²) in [5.74, 6) is 0.834. The molecular formula is C18H26Cl3N3O. The SMILES string of the molecule is CCN(c1ccccc1)c1cncc(OC[C@@H]2CCCN2)c1.Cl.Cl.Cl. The van der Waals surface area contributed by atoms with Crippen LogP contribution >= 0.6 is 37.2 Å². The fourth-order valence-electron chi connectivity index (χ4n) is 2.85. The molecule has 140 valence electrons. The molecule has 2 aromatic rings. The maximum Gasteiger partial charge on any atom is 0.139 e. The van der Waals surface area contributed by atoms with E-state index in [9.17, 15) is 0 Å². The van der Waals surface area contributed by atoms with Gasteiger partial charge in [-0.05, 0) is 38.4 Å². The molecule has 1 N–H and O–H groups in total. The third kappa shape index (κ3) is 6.55. The molecule has 4 nitrogen and oxygen atoms in total. The van der Waals surface area contributed by atoms with Crippen molar-refractivity contribution in [1.82, 2.24) is 10.3 Å². The van der Waals surface area contributed by atoms with E-state index in [-0.39, 0.29) is 37.2 Å². The Balaban J connectivity index is 0.00000192. The van der Waals surface area contributed by atoms with Gasteiger partial charge in [0, 0.05) is 24.3 Å². The summed E-state index contributed by atoms with van der Waals surface area (Å²) < 4.78 is 5.91. The van der Waals surface area contributed by atoms with E-state index in [1.165, 1.54) is 18.5 Å². The van der Waals surface area contributed by atoms with Crippen molar-refractivity contribution in [2.45, 2.75) is 25.8 Å². The monoisotopic (exact) mass is 405 g/mol. The molecule has 0 amide bonds. The molecule has 0 radical (unpaired) electrons. The number of hydrogen-bond acceptors (Lipinski definition) is 4. The smallest absolute Gasteiger partial charge is 0.139 e. The molecule has 7 heteroatoms. The summed E-state index contributed by atoms with van der Waals surface area (Å²) in [5.41, 5.74) is 2.23. The number of para-hydroxylation sites is 1. The van der Waals surface area contributed by atoms with Crippen LogP contribution in [0.5, 0.6) is 5.75 Å².